The molecule has 0 saturated carbocycles. The van der Waals surface area contributed by atoms with Gasteiger partial charge in [0.05, 0.1) is 0 Å². The fraction of sp³-hybridized carbons (Fsp3) is 0.250. The zero-order chi connectivity index (χ0) is 8.43. The van der Waals surface area contributed by atoms with E-state index in [2.05, 4.69) is 0 Å². The lowest BCUT2D eigenvalue weighted by atomic mass is 10.2. The van der Waals surface area contributed by atoms with Crippen LogP contribution < -0.4 is 0 Å². The SMILES string of the molecule is CSc1cc(Cl)cc(C)c1F. The minimum absolute atomic E-state index is 0.165. The van der Waals surface area contributed by atoms with E-state index in [0.29, 0.717) is 15.5 Å². The van der Waals surface area contributed by atoms with E-state index in [-0.39, 0.29) is 5.82 Å². The van der Waals surface area contributed by atoms with Crippen LogP contribution in [0, 0.1) is 12.7 Å². The van der Waals surface area contributed by atoms with Crippen LogP contribution >= 0.6 is 23.4 Å². The summed E-state index contributed by atoms with van der Waals surface area (Å²) in [6, 6.07) is 3.26. The highest BCUT2D eigenvalue weighted by Gasteiger charge is 2.04. The molecule has 0 amide bonds. The molecule has 0 N–H and O–H groups in total. The van der Waals surface area contributed by atoms with Gasteiger partial charge in [-0.1, -0.05) is 11.6 Å². The monoisotopic (exact) mass is 190 g/mol. The van der Waals surface area contributed by atoms with E-state index in [1.807, 2.05) is 6.26 Å². The molecule has 0 aliphatic rings. The normalized spacial score (nSPS) is 10.2. The Hall–Kier alpha value is -0.210. The van der Waals surface area contributed by atoms with E-state index in [4.69, 9.17) is 11.6 Å². The Balaban J connectivity index is 3.24. The van der Waals surface area contributed by atoms with Gasteiger partial charge in [-0.3, -0.25) is 0 Å². The van der Waals surface area contributed by atoms with Crippen molar-refractivity contribution in [1.29, 1.82) is 0 Å². The molecule has 0 aliphatic heterocycles. The highest BCUT2D eigenvalue weighted by atomic mass is 35.5. The molecule has 0 aromatic heterocycles. The van der Waals surface area contributed by atoms with Gasteiger partial charge in [-0.2, -0.15) is 0 Å². The molecule has 0 aliphatic carbocycles. The third kappa shape index (κ3) is 1.88. The molecule has 60 valence electrons. The fourth-order valence-corrected chi connectivity index (χ4v) is 1.77. The first-order valence-corrected chi connectivity index (χ1v) is 4.75. The highest BCUT2D eigenvalue weighted by molar-refractivity contribution is 7.98. The summed E-state index contributed by atoms with van der Waals surface area (Å²) in [5.41, 5.74) is 0.599. The lowest BCUT2D eigenvalue weighted by Gasteiger charge is -2.02. The van der Waals surface area contributed by atoms with Gasteiger partial charge in [-0.25, -0.2) is 4.39 Å². The van der Waals surface area contributed by atoms with E-state index < -0.39 is 0 Å². The molecule has 0 bridgehead atoms. The average molecular weight is 191 g/mol. The van der Waals surface area contributed by atoms with Crippen molar-refractivity contribution in [2.75, 3.05) is 6.26 Å². The summed E-state index contributed by atoms with van der Waals surface area (Å²) in [5, 5.41) is 0.591. The van der Waals surface area contributed by atoms with Gasteiger partial charge in [0, 0.05) is 9.92 Å². The summed E-state index contributed by atoms with van der Waals surface area (Å²) in [7, 11) is 0. The number of thioether (sulfide) groups is 1. The number of hydrogen-bond acceptors (Lipinski definition) is 1. The second-order valence-corrected chi connectivity index (χ2v) is 3.52. The van der Waals surface area contributed by atoms with Gasteiger partial charge >= 0.3 is 0 Å². The van der Waals surface area contributed by atoms with Gasteiger partial charge in [0.2, 0.25) is 0 Å². The molecule has 0 fully saturated rings. The minimum Gasteiger partial charge on any atom is -0.205 e. The Kier molecular flexibility index (Phi) is 2.79. The zero-order valence-electron chi connectivity index (χ0n) is 6.32. The largest absolute Gasteiger partial charge is 0.205 e. The molecular weight excluding hydrogens is 183 g/mol. The molecule has 0 radical (unpaired) electrons. The Morgan fingerprint density at radius 1 is 1.45 bits per heavy atom. The minimum atomic E-state index is -0.165. The van der Waals surface area contributed by atoms with E-state index in [0.717, 1.165) is 0 Å². The van der Waals surface area contributed by atoms with Gasteiger partial charge in [0.25, 0.3) is 0 Å². The molecule has 0 atom stereocenters. The van der Waals surface area contributed by atoms with Crippen LogP contribution in [0.3, 0.4) is 0 Å². The van der Waals surface area contributed by atoms with Gasteiger partial charge < -0.3 is 0 Å². The molecule has 0 saturated heterocycles. The lowest BCUT2D eigenvalue weighted by molar-refractivity contribution is 0.593. The van der Waals surface area contributed by atoms with Crippen molar-refractivity contribution in [2.24, 2.45) is 0 Å². The molecule has 0 spiro atoms. The number of hydrogen-bond donors (Lipinski definition) is 0. The van der Waals surface area contributed by atoms with E-state index in [1.165, 1.54) is 11.8 Å². The Morgan fingerprint density at radius 3 is 2.64 bits per heavy atom. The van der Waals surface area contributed by atoms with Crippen LogP contribution in [0.4, 0.5) is 4.39 Å². The Labute approximate surface area is 74.8 Å². The van der Waals surface area contributed by atoms with Crippen LogP contribution in [0.15, 0.2) is 17.0 Å². The van der Waals surface area contributed by atoms with E-state index >= 15 is 0 Å². The smallest absolute Gasteiger partial charge is 0.139 e. The summed E-state index contributed by atoms with van der Waals surface area (Å²) in [5.74, 6) is -0.165. The van der Waals surface area contributed by atoms with Gasteiger partial charge in [-0.05, 0) is 30.9 Å². The van der Waals surface area contributed by atoms with Crippen LogP contribution in [-0.4, -0.2) is 6.26 Å². The molecule has 1 rings (SSSR count). The number of halogens is 2. The van der Waals surface area contributed by atoms with E-state index in [1.54, 1.807) is 19.1 Å². The molecule has 0 unspecified atom stereocenters. The van der Waals surface area contributed by atoms with Gasteiger partial charge in [-0.15, -0.1) is 11.8 Å². The van der Waals surface area contributed by atoms with Crippen LogP contribution in [0.25, 0.3) is 0 Å². The van der Waals surface area contributed by atoms with Crippen molar-refractivity contribution in [3.8, 4) is 0 Å². The quantitative estimate of drug-likeness (QED) is 0.611. The average Bonchev–Trinajstić information content (AvgIpc) is 1.96. The number of aryl methyl sites for hydroxylation is 1. The molecule has 0 heterocycles. The predicted octanol–water partition coefficient (Wildman–Crippen LogP) is 3.51. The summed E-state index contributed by atoms with van der Waals surface area (Å²) < 4.78 is 13.1. The third-order valence-electron chi connectivity index (χ3n) is 1.41. The first-order valence-electron chi connectivity index (χ1n) is 3.15. The number of benzene rings is 1. The first-order chi connectivity index (χ1) is 5.15. The van der Waals surface area contributed by atoms with Crippen molar-refractivity contribution >= 4 is 23.4 Å². The maximum absolute atomic E-state index is 13.1. The van der Waals surface area contributed by atoms with Crippen molar-refractivity contribution in [1.82, 2.24) is 0 Å². The Morgan fingerprint density at radius 2 is 2.09 bits per heavy atom. The van der Waals surface area contributed by atoms with Crippen LogP contribution in [-0.2, 0) is 0 Å². The standard InChI is InChI=1S/C8H8ClFS/c1-5-3-6(9)4-7(11-2)8(5)10/h3-4H,1-2H3. The topological polar surface area (TPSA) is 0 Å². The molecule has 1 aromatic rings. The maximum Gasteiger partial charge on any atom is 0.139 e. The Bertz CT molecular complexity index is 273. The first kappa shape index (κ1) is 8.88. The predicted molar refractivity (Wildman–Crippen MR) is 47.9 cm³/mol. The summed E-state index contributed by atoms with van der Waals surface area (Å²) >= 11 is 7.09. The zero-order valence-corrected chi connectivity index (χ0v) is 7.89. The molecule has 1 aromatic carbocycles. The second-order valence-electron chi connectivity index (χ2n) is 2.24. The van der Waals surface area contributed by atoms with Crippen LogP contribution in [0.2, 0.25) is 5.02 Å². The summed E-state index contributed by atoms with van der Waals surface area (Å²) in [6.45, 7) is 1.71. The molecule has 11 heavy (non-hydrogen) atoms. The third-order valence-corrected chi connectivity index (χ3v) is 2.36. The number of rotatable bonds is 1. The highest BCUT2D eigenvalue weighted by Crippen LogP contribution is 2.25. The van der Waals surface area contributed by atoms with Crippen LogP contribution in [0.5, 0.6) is 0 Å². The maximum atomic E-state index is 13.1. The second kappa shape index (κ2) is 3.46. The van der Waals surface area contributed by atoms with Gasteiger partial charge in [0.15, 0.2) is 0 Å². The van der Waals surface area contributed by atoms with E-state index in [9.17, 15) is 4.39 Å². The van der Waals surface area contributed by atoms with Crippen molar-refractivity contribution in [3.05, 3.63) is 28.5 Å². The summed E-state index contributed by atoms with van der Waals surface area (Å²) in [4.78, 5) is 0.606. The van der Waals surface area contributed by atoms with Gasteiger partial charge in [0.1, 0.15) is 5.82 Å². The van der Waals surface area contributed by atoms with Crippen molar-refractivity contribution < 1.29 is 4.39 Å². The molecular formula is C8H8ClFS. The fourth-order valence-electron chi connectivity index (χ4n) is 0.843. The molecule has 0 nitrogen and oxygen atoms in total. The van der Waals surface area contributed by atoms with Crippen molar-refractivity contribution in [3.63, 3.8) is 0 Å². The van der Waals surface area contributed by atoms with Crippen LogP contribution in [0.1, 0.15) is 5.56 Å². The molecule has 3 heteroatoms. The lowest BCUT2D eigenvalue weighted by Crippen LogP contribution is -1.85. The summed E-state index contributed by atoms with van der Waals surface area (Å²) in [6.07, 6.45) is 1.83. The van der Waals surface area contributed by atoms with Crippen molar-refractivity contribution in [2.45, 2.75) is 11.8 Å².